The van der Waals surface area contributed by atoms with Crippen LogP contribution in [0.25, 0.3) is 5.57 Å². The molecule has 10 nitrogen and oxygen atoms in total. The summed E-state index contributed by atoms with van der Waals surface area (Å²) in [5, 5.41) is 2.88. The van der Waals surface area contributed by atoms with E-state index in [1.54, 1.807) is 28.9 Å². The van der Waals surface area contributed by atoms with E-state index in [4.69, 9.17) is 9.79 Å². The van der Waals surface area contributed by atoms with Gasteiger partial charge in [0, 0.05) is 27.6 Å². The van der Waals surface area contributed by atoms with Gasteiger partial charge in [0.1, 0.15) is 17.8 Å². The Morgan fingerprint density at radius 1 is 1.00 bits per heavy atom. The Morgan fingerprint density at radius 3 is 2.18 bits per heavy atom. The van der Waals surface area contributed by atoms with Gasteiger partial charge in [0.2, 0.25) is 11.8 Å². The van der Waals surface area contributed by atoms with Gasteiger partial charge in [0.25, 0.3) is 5.91 Å². The zero-order valence-electron chi connectivity index (χ0n) is 25.5. The Bertz CT molecular complexity index is 1600. The fourth-order valence-corrected chi connectivity index (χ4v) is 5.96. The fourth-order valence-electron chi connectivity index (χ4n) is 5.20. The summed E-state index contributed by atoms with van der Waals surface area (Å²) in [6, 6.07) is 21.3. The zero-order valence-corrected chi connectivity index (χ0v) is 28.6. The quantitative estimate of drug-likeness (QED) is 0.138. The first-order chi connectivity index (χ1) is 21.1. The number of para-hydroxylation sites is 1. The van der Waals surface area contributed by atoms with Gasteiger partial charge in [0.05, 0.1) is 0 Å². The number of hydrogen-bond donors (Lipinski definition) is 3. The number of hydrogen-bond acceptors (Lipinski definition) is 5. The second-order valence-corrected chi connectivity index (χ2v) is 14.3. The smallest absolute Gasteiger partial charge is 0.404 e. The van der Waals surface area contributed by atoms with Crippen molar-refractivity contribution in [2.45, 2.75) is 52.6 Å². The van der Waals surface area contributed by atoms with Gasteiger partial charge in [-0.05, 0) is 107 Å². The van der Waals surface area contributed by atoms with Crippen LogP contribution in [0.5, 0.6) is 5.75 Å². The van der Waals surface area contributed by atoms with Crippen molar-refractivity contribution >= 4 is 65.1 Å². The van der Waals surface area contributed by atoms with E-state index in [9.17, 15) is 18.9 Å². The van der Waals surface area contributed by atoms with E-state index >= 15 is 0 Å². The molecule has 0 aliphatic carbocycles. The van der Waals surface area contributed by atoms with Crippen molar-refractivity contribution in [3.05, 3.63) is 94.1 Å². The van der Waals surface area contributed by atoms with E-state index in [0.717, 1.165) is 3.57 Å². The standard InChI is InChI=1S/C33H37IN3O7P/c1-22(23-12-18-27(19-13-23)44-45(41,42)43)21-29(38)35-30(33(2,3)4)32(40)36-20-8-11-28(36)31(39)37(25-9-6-5-7-10-25)26-16-14-24(34)15-17-26/h5-7,9-10,12-19,21,28,30H,8,11,20H2,1-4H3,(H,35,38)(H2,41,42,43)/b22-21+/t28-,30+/m0/s1. The molecule has 1 saturated heterocycles. The molecule has 2 atom stereocenters. The lowest BCUT2D eigenvalue weighted by atomic mass is 9.85. The number of anilines is 2. The van der Waals surface area contributed by atoms with Crippen LogP contribution in [0.3, 0.4) is 0 Å². The van der Waals surface area contributed by atoms with Crippen LogP contribution in [0, 0.1) is 8.99 Å². The van der Waals surface area contributed by atoms with E-state index in [2.05, 4.69) is 32.4 Å². The highest BCUT2D eigenvalue weighted by Gasteiger charge is 2.43. The molecule has 1 aliphatic rings. The maximum Gasteiger partial charge on any atom is 0.524 e. The number of likely N-dealkylation sites (tertiary alicyclic amines) is 1. The Kier molecular flexibility index (Phi) is 10.9. The Morgan fingerprint density at radius 2 is 1.60 bits per heavy atom. The summed E-state index contributed by atoms with van der Waals surface area (Å²) in [6.07, 6.45) is 2.53. The van der Waals surface area contributed by atoms with Crippen molar-refractivity contribution in [2.75, 3.05) is 11.4 Å². The molecule has 1 aliphatic heterocycles. The lowest BCUT2D eigenvalue weighted by Gasteiger charge is -2.36. The average molecular weight is 746 g/mol. The summed E-state index contributed by atoms with van der Waals surface area (Å²) in [7, 11) is -4.69. The number of benzene rings is 3. The van der Waals surface area contributed by atoms with E-state index in [1.165, 1.54) is 18.2 Å². The number of halogens is 1. The highest BCUT2D eigenvalue weighted by molar-refractivity contribution is 14.1. The maximum atomic E-state index is 14.2. The molecule has 3 amide bonds. The first kappa shape index (κ1) is 34.4. The summed E-state index contributed by atoms with van der Waals surface area (Å²) in [5.41, 5.74) is 1.94. The summed E-state index contributed by atoms with van der Waals surface area (Å²) in [6.45, 7) is 7.69. The lowest BCUT2D eigenvalue weighted by molar-refractivity contribution is -0.142. The van der Waals surface area contributed by atoms with E-state index < -0.39 is 31.2 Å². The van der Waals surface area contributed by atoms with Gasteiger partial charge in [-0.3, -0.25) is 29.1 Å². The van der Waals surface area contributed by atoms with Crippen LogP contribution in [-0.2, 0) is 18.9 Å². The average Bonchev–Trinajstić information content (AvgIpc) is 3.46. The molecule has 12 heteroatoms. The largest absolute Gasteiger partial charge is 0.524 e. The molecule has 3 aromatic carbocycles. The van der Waals surface area contributed by atoms with Gasteiger partial charge in [-0.1, -0.05) is 51.1 Å². The minimum Gasteiger partial charge on any atom is -0.404 e. The van der Waals surface area contributed by atoms with Crippen molar-refractivity contribution < 1.29 is 33.3 Å². The topological polar surface area (TPSA) is 136 Å². The molecular weight excluding hydrogens is 708 g/mol. The molecular formula is C33H37IN3O7P. The molecule has 0 saturated carbocycles. The Balaban J connectivity index is 1.55. The first-order valence-electron chi connectivity index (χ1n) is 14.4. The summed E-state index contributed by atoms with van der Waals surface area (Å²) < 4.78 is 16.7. The zero-order chi connectivity index (χ0) is 32.9. The number of carbonyl (C=O) groups excluding carboxylic acids is 3. The van der Waals surface area contributed by atoms with Crippen molar-refractivity contribution in [1.82, 2.24) is 10.2 Å². The van der Waals surface area contributed by atoms with Crippen molar-refractivity contribution in [3.8, 4) is 5.75 Å². The molecule has 4 rings (SSSR count). The van der Waals surface area contributed by atoms with E-state index in [-0.39, 0.29) is 17.6 Å². The number of amides is 3. The number of nitrogens with one attached hydrogen (secondary N) is 1. The third-order valence-electron chi connectivity index (χ3n) is 7.42. The molecule has 238 valence electrons. The van der Waals surface area contributed by atoms with Gasteiger partial charge in [-0.25, -0.2) is 4.57 Å². The Labute approximate surface area is 276 Å². The van der Waals surface area contributed by atoms with Crippen molar-refractivity contribution in [3.63, 3.8) is 0 Å². The third kappa shape index (κ3) is 9.03. The first-order valence-corrected chi connectivity index (χ1v) is 17.0. The molecule has 0 bridgehead atoms. The maximum absolute atomic E-state index is 14.2. The van der Waals surface area contributed by atoms with Crippen LogP contribution in [0.15, 0.2) is 84.9 Å². The molecule has 0 aromatic heterocycles. The van der Waals surface area contributed by atoms with E-state index in [1.807, 2.05) is 75.4 Å². The van der Waals surface area contributed by atoms with Gasteiger partial charge in [0.15, 0.2) is 0 Å². The van der Waals surface area contributed by atoms with Crippen molar-refractivity contribution in [1.29, 1.82) is 0 Å². The molecule has 0 spiro atoms. The Hall–Kier alpha value is -3.51. The van der Waals surface area contributed by atoms with Gasteiger partial charge in [-0.2, -0.15) is 0 Å². The minimum atomic E-state index is -4.69. The van der Waals surface area contributed by atoms with Gasteiger partial charge in [-0.15, -0.1) is 0 Å². The number of allylic oxidation sites excluding steroid dienone is 1. The predicted molar refractivity (Wildman–Crippen MR) is 182 cm³/mol. The number of nitrogens with zero attached hydrogens (tertiary/aromatic N) is 2. The van der Waals surface area contributed by atoms with Crippen molar-refractivity contribution in [2.24, 2.45) is 5.41 Å². The van der Waals surface area contributed by atoms with Gasteiger partial charge < -0.3 is 14.7 Å². The number of rotatable bonds is 9. The SMILES string of the molecule is C/C(=C\C(=O)N[C@H](C(=O)N1CCC[C@H]1C(=O)N(c1ccccc1)c1ccc(I)cc1)C(C)(C)C)c1ccc(OP(=O)(O)O)cc1. The molecule has 0 unspecified atom stereocenters. The van der Waals surface area contributed by atoms with Crippen LogP contribution in [0.4, 0.5) is 11.4 Å². The second-order valence-electron chi connectivity index (χ2n) is 11.9. The minimum absolute atomic E-state index is 0.00899. The summed E-state index contributed by atoms with van der Waals surface area (Å²) in [4.78, 5) is 62.8. The van der Waals surface area contributed by atoms with Crippen LogP contribution < -0.4 is 14.7 Å². The molecule has 3 aromatic rings. The second kappa shape index (κ2) is 14.3. The van der Waals surface area contributed by atoms with E-state index in [0.29, 0.717) is 41.9 Å². The number of phosphoric ester groups is 1. The highest BCUT2D eigenvalue weighted by atomic mass is 127. The van der Waals surface area contributed by atoms with Crippen LogP contribution in [0.1, 0.15) is 46.1 Å². The monoisotopic (exact) mass is 745 g/mol. The summed E-state index contributed by atoms with van der Waals surface area (Å²) >= 11 is 2.22. The molecule has 0 radical (unpaired) electrons. The van der Waals surface area contributed by atoms with Crippen LogP contribution in [-0.4, -0.2) is 51.0 Å². The molecule has 1 heterocycles. The van der Waals surface area contributed by atoms with Crippen LogP contribution in [0.2, 0.25) is 0 Å². The van der Waals surface area contributed by atoms with Gasteiger partial charge >= 0.3 is 7.82 Å². The lowest BCUT2D eigenvalue weighted by Crippen LogP contribution is -2.57. The molecule has 3 N–H and O–H groups in total. The summed E-state index contributed by atoms with van der Waals surface area (Å²) in [5.74, 6) is -1.03. The number of phosphoric acid groups is 1. The fraction of sp³-hybridized carbons (Fsp3) is 0.303. The predicted octanol–water partition coefficient (Wildman–Crippen LogP) is 6.05. The molecule has 45 heavy (non-hydrogen) atoms. The molecule has 1 fully saturated rings. The van der Waals surface area contributed by atoms with Crippen LogP contribution >= 0.6 is 30.4 Å². The normalized spacial score (nSPS) is 16.2. The highest BCUT2D eigenvalue weighted by Crippen LogP contribution is 2.38. The third-order valence-corrected chi connectivity index (χ3v) is 8.59. The number of carbonyl (C=O) groups is 3.